The van der Waals surface area contributed by atoms with Crippen LogP contribution in [0.4, 0.5) is 0 Å². The lowest BCUT2D eigenvalue weighted by molar-refractivity contribution is -0.142. The van der Waals surface area contributed by atoms with Crippen molar-refractivity contribution in [2.45, 2.75) is 46.5 Å². The lowest BCUT2D eigenvalue weighted by Crippen LogP contribution is -2.32. The van der Waals surface area contributed by atoms with E-state index in [1.54, 1.807) is 0 Å². The van der Waals surface area contributed by atoms with Crippen molar-refractivity contribution in [2.24, 2.45) is 0 Å². The quantitative estimate of drug-likeness (QED) is 0.698. The zero-order valence-electron chi connectivity index (χ0n) is 13.2. The van der Waals surface area contributed by atoms with Gasteiger partial charge in [0.05, 0.1) is 0 Å². The summed E-state index contributed by atoms with van der Waals surface area (Å²) < 4.78 is 0. The van der Waals surface area contributed by atoms with Crippen LogP contribution in [0.2, 0.25) is 0 Å². The van der Waals surface area contributed by atoms with Gasteiger partial charge < -0.3 is 10.0 Å². The van der Waals surface area contributed by atoms with E-state index < -0.39 is 5.97 Å². The van der Waals surface area contributed by atoms with Crippen molar-refractivity contribution in [2.75, 3.05) is 13.1 Å². The summed E-state index contributed by atoms with van der Waals surface area (Å²) in [7, 11) is 0. The van der Waals surface area contributed by atoms with Crippen molar-refractivity contribution in [3.05, 3.63) is 34.9 Å². The molecule has 0 saturated heterocycles. The average Bonchev–Trinajstić information content (AvgIpc) is 2.70. The Kier molecular flexibility index (Phi) is 6.92. The fourth-order valence-electron chi connectivity index (χ4n) is 2.27. The Bertz CT molecular complexity index is 482. The van der Waals surface area contributed by atoms with Gasteiger partial charge in [-0.2, -0.15) is 0 Å². The van der Waals surface area contributed by atoms with Crippen LogP contribution in [0.25, 0.3) is 0 Å². The molecule has 1 aliphatic heterocycles. The van der Waals surface area contributed by atoms with Gasteiger partial charge in [0.25, 0.3) is 0 Å². The number of carbonyl (C=O) groups excluding carboxylic acids is 1. The molecule has 0 fully saturated rings. The summed E-state index contributed by atoms with van der Waals surface area (Å²) in [4.78, 5) is 23.9. The van der Waals surface area contributed by atoms with E-state index in [4.69, 9.17) is 5.11 Å². The predicted molar refractivity (Wildman–Crippen MR) is 84.0 cm³/mol. The number of carboxylic acids is 1. The predicted octanol–water partition coefficient (Wildman–Crippen LogP) is 3.31. The van der Waals surface area contributed by atoms with Gasteiger partial charge in [-0.05, 0) is 46.5 Å². The third-order valence-corrected chi connectivity index (χ3v) is 3.44. The number of rotatable bonds is 8. The molecule has 0 spiro atoms. The van der Waals surface area contributed by atoms with Crippen LogP contribution < -0.4 is 0 Å². The molecule has 0 aromatic heterocycles. The molecule has 1 aliphatic rings. The van der Waals surface area contributed by atoms with Crippen LogP contribution in [0.5, 0.6) is 0 Å². The Morgan fingerprint density at radius 1 is 1.29 bits per heavy atom. The minimum atomic E-state index is -0.965. The van der Waals surface area contributed by atoms with E-state index in [0.717, 1.165) is 24.8 Å². The summed E-state index contributed by atoms with van der Waals surface area (Å²) in [5.41, 5.74) is 3.41. The highest BCUT2D eigenvalue weighted by atomic mass is 16.4. The van der Waals surface area contributed by atoms with E-state index in [-0.39, 0.29) is 12.5 Å². The van der Waals surface area contributed by atoms with Crippen molar-refractivity contribution < 1.29 is 14.7 Å². The number of hydrogen-bond donors (Lipinski definition) is 1. The first-order chi connectivity index (χ1) is 9.90. The molecule has 21 heavy (non-hydrogen) atoms. The lowest BCUT2D eigenvalue weighted by Gasteiger charge is -2.13. The molecule has 0 unspecified atom stereocenters. The highest BCUT2D eigenvalue weighted by Crippen LogP contribution is 2.17. The van der Waals surface area contributed by atoms with Crippen molar-refractivity contribution >= 4 is 11.9 Å². The van der Waals surface area contributed by atoms with E-state index >= 15 is 0 Å². The topological polar surface area (TPSA) is 57.6 Å². The SMILES string of the molecule is CC(C)=CCC/C(C)=C/CCC1=CCN(CC(=O)O)C1=O. The summed E-state index contributed by atoms with van der Waals surface area (Å²) in [5, 5.41) is 8.72. The second kappa shape index (κ2) is 8.45. The molecule has 0 aromatic carbocycles. The molecule has 0 atom stereocenters. The van der Waals surface area contributed by atoms with Crippen LogP contribution in [0.3, 0.4) is 0 Å². The van der Waals surface area contributed by atoms with Crippen LogP contribution in [-0.2, 0) is 9.59 Å². The largest absolute Gasteiger partial charge is 0.480 e. The molecule has 0 saturated carbocycles. The maximum absolute atomic E-state index is 11.9. The Hall–Kier alpha value is -1.84. The lowest BCUT2D eigenvalue weighted by atomic mass is 10.1. The molecule has 0 bridgehead atoms. The second-order valence-corrected chi connectivity index (χ2v) is 5.72. The highest BCUT2D eigenvalue weighted by molar-refractivity contribution is 5.97. The Labute approximate surface area is 126 Å². The van der Waals surface area contributed by atoms with Crippen molar-refractivity contribution in [1.29, 1.82) is 0 Å². The zero-order valence-corrected chi connectivity index (χ0v) is 13.2. The second-order valence-electron chi connectivity index (χ2n) is 5.72. The first-order valence-corrected chi connectivity index (χ1v) is 7.39. The van der Waals surface area contributed by atoms with Crippen LogP contribution >= 0.6 is 0 Å². The zero-order chi connectivity index (χ0) is 15.8. The van der Waals surface area contributed by atoms with Crippen LogP contribution in [0, 0.1) is 0 Å². The molecule has 116 valence electrons. The van der Waals surface area contributed by atoms with Gasteiger partial charge in [-0.25, -0.2) is 0 Å². The molecule has 1 rings (SSSR count). The van der Waals surface area contributed by atoms with E-state index in [1.807, 2.05) is 6.08 Å². The minimum absolute atomic E-state index is 0.131. The molecule has 4 nitrogen and oxygen atoms in total. The average molecular weight is 291 g/mol. The van der Waals surface area contributed by atoms with Crippen molar-refractivity contribution in [1.82, 2.24) is 4.90 Å². The smallest absolute Gasteiger partial charge is 0.323 e. The minimum Gasteiger partial charge on any atom is -0.480 e. The van der Waals surface area contributed by atoms with E-state index in [1.165, 1.54) is 16.0 Å². The fourth-order valence-corrected chi connectivity index (χ4v) is 2.27. The molecule has 0 radical (unpaired) electrons. The van der Waals surface area contributed by atoms with Gasteiger partial charge in [0.15, 0.2) is 0 Å². The summed E-state index contributed by atoms with van der Waals surface area (Å²) in [6.45, 7) is 6.51. The van der Waals surface area contributed by atoms with E-state index in [9.17, 15) is 9.59 Å². The molecule has 0 aromatic rings. The standard InChI is InChI=1S/C17H25NO3/c1-13(2)6-4-7-14(3)8-5-9-15-10-11-18(17(15)21)12-16(19)20/h6,8,10H,4-5,7,9,11-12H2,1-3H3,(H,19,20)/b14-8+. The molecule has 0 aliphatic carbocycles. The first kappa shape index (κ1) is 17.2. The van der Waals surface area contributed by atoms with Crippen LogP contribution in [-0.4, -0.2) is 35.0 Å². The normalized spacial score (nSPS) is 15.2. The van der Waals surface area contributed by atoms with Crippen molar-refractivity contribution in [3.63, 3.8) is 0 Å². The summed E-state index contributed by atoms with van der Waals surface area (Å²) in [5.74, 6) is -1.10. The van der Waals surface area contributed by atoms with E-state index in [0.29, 0.717) is 13.0 Å². The molecule has 1 N–H and O–H groups in total. The third-order valence-electron chi connectivity index (χ3n) is 3.44. The van der Waals surface area contributed by atoms with Gasteiger partial charge >= 0.3 is 5.97 Å². The number of aliphatic carboxylic acids is 1. The van der Waals surface area contributed by atoms with Gasteiger partial charge in [-0.1, -0.05) is 29.4 Å². The molecule has 4 heteroatoms. The number of carboxylic acid groups (broad SMARTS) is 1. The Balaban J connectivity index is 2.34. The monoisotopic (exact) mass is 291 g/mol. The van der Waals surface area contributed by atoms with Gasteiger partial charge in [-0.15, -0.1) is 0 Å². The summed E-state index contributed by atoms with van der Waals surface area (Å²) in [6, 6.07) is 0. The molecule has 1 amide bonds. The maximum atomic E-state index is 11.9. The van der Waals surface area contributed by atoms with Gasteiger partial charge in [0.1, 0.15) is 6.54 Å². The molecule has 1 heterocycles. The van der Waals surface area contributed by atoms with Crippen LogP contribution in [0.15, 0.2) is 34.9 Å². The Morgan fingerprint density at radius 3 is 2.62 bits per heavy atom. The number of nitrogens with zero attached hydrogens (tertiary/aromatic N) is 1. The molecular weight excluding hydrogens is 266 g/mol. The van der Waals surface area contributed by atoms with Gasteiger partial charge in [0, 0.05) is 12.1 Å². The number of amides is 1. The fraction of sp³-hybridized carbons (Fsp3) is 0.529. The summed E-state index contributed by atoms with van der Waals surface area (Å²) >= 11 is 0. The number of hydrogen-bond acceptors (Lipinski definition) is 2. The van der Waals surface area contributed by atoms with Crippen LogP contribution in [0.1, 0.15) is 46.5 Å². The third kappa shape index (κ3) is 6.43. The van der Waals surface area contributed by atoms with E-state index in [2.05, 4.69) is 32.9 Å². The Morgan fingerprint density at radius 2 is 2.00 bits per heavy atom. The van der Waals surface area contributed by atoms with Gasteiger partial charge in [0.2, 0.25) is 5.91 Å². The molecular formula is C17H25NO3. The van der Waals surface area contributed by atoms with Crippen molar-refractivity contribution in [3.8, 4) is 0 Å². The van der Waals surface area contributed by atoms with Gasteiger partial charge in [-0.3, -0.25) is 9.59 Å². The summed E-state index contributed by atoms with van der Waals surface area (Å²) in [6.07, 6.45) is 9.87. The first-order valence-electron chi connectivity index (χ1n) is 7.39. The number of carbonyl (C=O) groups is 2. The number of allylic oxidation sites excluding steroid dienone is 4. The maximum Gasteiger partial charge on any atom is 0.323 e. The highest BCUT2D eigenvalue weighted by Gasteiger charge is 2.24.